The van der Waals surface area contributed by atoms with Crippen LogP contribution in [0.5, 0.6) is 11.5 Å². The highest BCUT2D eigenvalue weighted by atomic mass is 19.4. The van der Waals surface area contributed by atoms with Crippen molar-refractivity contribution < 1.29 is 27.4 Å². The van der Waals surface area contributed by atoms with Crippen LogP contribution in [0.4, 0.5) is 13.2 Å². The first-order chi connectivity index (χ1) is 15.8. The fourth-order valence-corrected chi connectivity index (χ4v) is 3.26. The minimum Gasteiger partial charge on any atom is -0.493 e. The molecule has 3 rings (SSSR count). The van der Waals surface area contributed by atoms with E-state index in [0.717, 1.165) is 23.3 Å². The van der Waals surface area contributed by atoms with E-state index in [9.17, 15) is 18.0 Å². The lowest BCUT2D eigenvalue weighted by Gasteiger charge is -2.17. The summed E-state index contributed by atoms with van der Waals surface area (Å²) in [6, 6.07) is 19.2. The molecule has 3 aromatic rings. The number of nitrogens with two attached hydrogens (primary N) is 1. The Morgan fingerprint density at radius 2 is 1.61 bits per heavy atom. The number of hydrogen-bond donors (Lipinski definition) is 2. The summed E-state index contributed by atoms with van der Waals surface area (Å²) >= 11 is 0. The zero-order chi connectivity index (χ0) is 23.8. The summed E-state index contributed by atoms with van der Waals surface area (Å²) in [4.78, 5) is 11.9. The predicted molar refractivity (Wildman–Crippen MR) is 119 cm³/mol. The quantitative estimate of drug-likeness (QED) is 0.470. The van der Waals surface area contributed by atoms with E-state index in [2.05, 4.69) is 5.32 Å². The highest BCUT2D eigenvalue weighted by Crippen LogP contribution is 2.31. The van der Waals surface area contributed by atoms with E-state index >= 15 is 0 Å². The molecule has 0 radical (unpaired) electrons. The van der Waals surface area contributed by atoms with Gasteiger partial charge in [0.2, 0.25) is 5.91 Å². The van der Waals surface area contributed by atoms with Gasteiger partial charge in [0.25, 0.3) is 0 Å². The maximum atomic E-state index is 12.7. The first-order valence-corrected chi connectivity index (χ1v) is 10.3. The summed E-state index contributed by atoms with van der Waals surface area (Å²) in [5, 5.41) is 3.17. The molecule has 3 N–H and O–H groups in total. The summed E-state index contributed by atoms with van der Waals surface area (Å²) in [5.41, 5.74) is 7.29. The number of amides is 1. The van der Waals surface area contributed by atoms with Crippen molar-refractivity contribution in [1.82, 2.24) is 5.32 Å². The van der Waals surface area contributed by atoms with Crippen LogP contribution >= 0.6 is 0 Å². The molecule has 8 heteroatoms. The number of benzene rings is 3. The number of halogens is 3. The topological polar surface area (TPSA) is 73.6 Å². The van der Waals surface area contributed by atoms with Gasteiger partial charge >= 0.3 is 6.18 Å². The van der Waals surface area contributed by atoms with E-state index in [1.54, 1.807) is 12.1 Å². The van der Waals surface area contributed by atoms with Gasteiger partial charge in [-0.2, -0.15) is 13.2 Å². The second kappa shape index (κ2) is 10.9. The van der Waals surface area contributed by atoms with Crippen molar-refractivity contribution in [1.29, 1.82) is 0 Å². The minimum absolute atomic E-state index is 0.0902. The van der Waals surface area contributed by atoms with E-state index in [1.807, 2.05) is 36.4 Å². The maximum Gasteiger partial charge on any atom is 0.416 e. The monoisotopic (exact) mass is 458 g/mol. The number of hydrogen-bond acceptors (Lipinski definition) is 4. The van der Waals surface area contributed by atoms with Crippen molar-refractivity contribution in [2.24, 2.45) is 5.73 Å². The summed E-state index contributed by atoms with van der Waals surface area (Å²) in [5.74, 6) is 0.485. The summed E-state index contributed by atoms with van der Waals surface area (Å²) in [6.07, 6.45) is -3.90. The van der Waals surface area contributed by atoms with Crippen molar-refractivity contribution in [3.05, 3.63) is 95.1 Å². The van der Waals surface area contributed by atoms with E-state index in [0.29, 0.717) is 30.0 Å². The molecule has 0 aliphatic rings. The molecular formula is C25H25F3N2O3. The molecule has 0 heterocycles. The van der Waals surface area contributed by atoms with Gasteiger partial charge in [-0.1, -0.05) is 48.5 Å². The molecule has 0 saturated heterocycles. The zero-order valence-corrected chi connectivity index (χ0v) is 18.1. The molecule has 3 aromatic carbocycles. The van der Waals surface area contributed by atoms with Crippen LogP contribution in [0.1, 0.15) is 22.3 Å². The molecule has 1 atom stereocenters. The molecule has 1 amide bonds. The molecule has 0 aromatic heterocycles. The summed E-state index contributed by atoms with van der Waals surface area (Å²) in [6.45, 7) is 0.475. The predicted octanol–water partition coefficient (Wildman–Crippen LogP) is 4.48. The Hall–Kier alpha value is -3.52. The average Bonchev–Trinajstić information content (AvgIpc) is 2.80. The van der Waals surface area contributed by atoms with Crippen LogP contribution in [0.15, 0.2) is 72.8 Å². The Morgan fingerprint density at radius 3 is 2.21 bits per heavy atom. The largest absolute Gasteiger partial charge is 0.493 e. The number of methoxy groups -OCH3 is 1. The van der Waals surface area contributed by atoms with E-state index < -0.39 is 23.7 Å². The van der Waals surface area contributed by atoms with Gasteiger partial charge in [0.15, 0.2) is 11.5 Å². The van der Waals surface area contributed by atoms with Gasteiger partial charge in [0.1, 0.15) is 6.61 Å². The fraction of sp³-hybridized carbons (Fsp3) is 0.240. The van der Waals surface area contributed by atoms with Crippen LogP contribution in [0.25, 0.3) is 0 Å². The molecule has 0 aliphatic heterocycles. The molecule has 5 nitrogen and oxygen atoms in total. The number of alkyl halides is 3. The van der Waals surface area contributed by atoms with Gasteiger partial charge in [-0.3, -0.25) is 4.79 Å². The highest BCUT2D eigenvalue weighted by Gasteiger charge is 2.29. The molecule has 0 aliphatic carbocycles. The number of carbonyl (C=O) groups is 1. The Morgan fingerprint density at radius 1 is 0.939 bits per heavy atom. The molecule has 174 valence electrons. The molecule has 0 fully saturated rings. The Bertz CT molecular complexity index is 1050. The maximum absolute atomic E-state index is 12.7. The van der Waals surface area contributed by atoms with Crippen LogP contribution in [-0.2, 0) is 30.5 Å². The second-order valence-corrected chi connectivity index (χ2v) is 7.49. The van der Waals surface area contributed by atoms with E-state index in [1.165, 1.54) is 19.2 Å². The Kier molecular flexibility index (Phi) is 7.95. The third-order valence-electron chi connectivity index (χ3n) is 5.08. The molecule has 0 bridgehead atoms. The lowest BCUT2D eigenvalue weighted by Crippen LogP contribution is -2.42. The lowest BCUT2D eigenvalue weighted by molar-refractivity contribution is -0.137. The number of primary amides is 1. The standard InChI is InChI=1S/C25H25F3N2O3/c1-32-23-14-19(15-30-21(24(29)31)13-17-5-3-2-4-6-17)9-12-22(23)33-16-18-7-10-20(11-8-18)25(26,27)28/h2-12,14,21,30H,13,15-16H2,1H3,(H2,29,31)/t21-/m0/s1. The minimum atomic E-state index is -4.37. The van der Waals surface area contributed by atoms with Crippen molar-refractivity contribution in [2.75, 3.05) is 7.11 Å². The molecular weight excluding hydrogens is 433 g/mol. The van der Waals surface area contributed by atoms with Gasteiger partial charge in [0, 0.05) is 6.54 Å². The molecule has 0 unspecified atom stereocenters. The second-order valence-electron chi connectivity index (χ2n) is 7.49. The van der Waals surface area contributed by atoms with Gasteiger partial charge in [-0.25, -0.2) is 0 Å². The van der Waals surface area contributed by atoms with Gasteiger partial charge < -0.3 is 20.5 Å². The molecule has 0 spiro atoms. The summed E-state index contributed by atoms with van der Waals surface area (Å²) in [7, 11) is 1.50. The first-order valence-electron chi connectivity index (χ1n) is 10.3. The van der Waals surface area contributed by atoms with Gasteiger partial charge in [-0.05, 0) is 47.4 Å². The van der Waals surface area contributed by atoms with Crippen LogP contribution in [-0.4, -0.2) is 19.1 Å². The molecule has 33 heavy (non-hydrogen) atoms. The Labute approximate surface area is 190 Å². The average molecular weight is 458 g/mol. The smallest absolute Gasteiger partial charge is 0.416 e. The fourth-order valence-electron chi connectivity index (χ4n) is 3.26. The van der Waals surface area contributed by atoms with Crippen molar-refractivity contribution in [2.45, 2.75) is 31.8 Å². The van der Waals surface area contributed by atoms with Crippen LogP contribution in [0.2, 0.25) is 0 Å². The first kappa shape index (κ1) is 24.1. The molecule has 0 saturated carbocycles. The van der Waals surface area contributed by atoms with Crippen LogP contribution < -0.4 is 20.5 Å². The van der Waals surface area contributed by atoms with Crippen molar-refractivity contribution in [3.8, 4) is 11.5 Å². The van der Waals surface area contributed by atoms with Gasteiger partial charge in [-0.15, -0.1) is 0 Å². The Balaban J connectivity index is 1.61. The number of nitrogens with one attached hydrogen (secondary N) is 1. The summed E-state index contributed by atoms with van der Waals surface area (Å²) < 4.78 is 49.2. The van der Waals surface area contributed by atoms with Gasteiger partial charge in [0.05, 0.1) is 18.7 Å². The van der Waals surface area contributed by atoms with Crippen LogP contribution in [0.3, 0.4) is 0 Å². The lowest BCUT2D eigenvalue weighted by atomic mass is 10.1. The van der Waals surface area contributed by atoms with E-state index in [4.69, 9.17) is 15.2 Å². The van der Waals surface area contributed by atoms with E-state index in [-0.39, 0.29) is 6.61 Å². The third-order valence-corrected chi connectivity index (χ3v) is 5.08. The third kappa shape index (κ3) is 6.98. The normalized spacial score (nSPS) is 12.2. The van der Waals surface area contributed by atoms with Crippen molar-refractivity contribution >= 4 is 5.91 Å². The van der Waals surface area contributed by atoms with Crippen LogP contribution in [0, 0.1) is 0 Å². The van der Waals surface area contributed by atoms with Crippen molar-refractivity contribution in [3.63, 3.8) is 0 Å². The number of rotatable bonds is 10. The number of ether oxygens (including phenoxy) is 2. The zero-order valence-electron chi connectivity index (χ0n) is 18.1. The highest BCUT2D eigenvalue weighted by molar-refractivity contribution is 5.80. The number of carbonyl (C=O) groups excluding carboxylic acids is 1. The SMILES string of the molecule is COc1cc(CN[C@@H](Cc2ccccc2)C(N)=O)ccc1OCc1ccc(C(F)(F)F)cc1.